The van der Waals surface area contributed by atoms with Gasteiger partial charge < -0.3 is 19.5 Å². The maximum absolute atomic E-state index is 12.6. The van der Waals surface area contributed by atoms with Gasteiger partial charge in [-0.1, -0.05) is 0 Å². The zero-order valence-electron chi connectivity index (χ0n) is 14.7. The molecule has 1 aliphatic rings. The maximum Gasteiger partial charge on any atom is 0.331 e. The normalized spacial score (nSPS) is 16.3. The van der Waals surface area contributed by atoms with Crippen LogP contribution in [0, 0.1) is 13.8 Å². The second-order valence-electron chi connectivity index (χ2n) is 6.15. The van der Waals surface area contributed by atoms with Crippen molar-refractivity contribution in [2.45, 2.75) is 38.6 Å². The van der Waals surface area contributed by atoms with Gasteiger partial charge in [-0.25, -0.2) is 4.79 Å². The van der Waals surface area contributed by atoms with Crippen LogP contribution in [0.25, 0.3) is 0 Å². The van der Waals surface area contributed by atoms with Gasteiger partial charge in [0.15, 0.2) is 0 Å². The highest BCUT2D eigenvalue weighted by atomic mass is 16.5. The Labute approximate surface area is 142 Å². The summed E-state index contributed by atoms with van der Waals surface area (Å²) in [7, 11) is 2.95. The van der Waals surface area contributed by atoms with Gasteiger partial charge in [-0.2, -0.15) is 0 Å². The van der Waals surface area contributed by atoms with Crippen molar-refractivity contribution < 1.29 is 23.8 Å². The van der Waals surface area contributed by atoms with E-state index in [1.54, 1.807) is 7.11 Å². The van der Waals surface area contributed by atoms with Crippen molar-refractivity contribution in [3.8, 4) is 5.75 Å². The molecule has 0 saturated carbocycles. The summed E-state index contributed by atoms with van der Waals surface area (Å²) in [6.07, 6.45) is 1.05. The first-order valence-electron chi connectivity index (χ1n) is 8.03. The molecule has 0 atom stereocenters. The number of rotatable bonds is 5. The predicted molar refractivity (Wildman–Crippen MR) is 89.1 cm³/mol. The van der Waals surface area contributed by atoms with Crippen LogP contribution in [-0.2, 0) is 25.5 Å². The molecule has 132 valence electrons. The summed E-state index contributed by atoms with van der Waals surface area (Å²) >= 11 is 0. The van der Waals surface area contributed by atoms with Gasteiger partial charge in [0.05, 0.1) is 20.6 Å². The summed E-state index contributed by atoms with van der Waals surface area (Å²) in [5.74, 6) is 0.158. The summed E-state index contributed by atoms with van der Waals surface area (Å²) in [5, 5.41) is 2.89. The molecular formula is C18H25NO5. The van der Waals surface area contributed by atoms with Crippen molar-refractivity contribution >= 4 is 11.9 Å². The third kappa shape index (κ3) is 3.87. The third-order valence-electron chi connectivity index (χ3n) is 4.54. The largest absolute Gasteiger partial charge is 0.497 e. The molecule has 24 heavy (non-hydrogen) atoms. The number of amides is 1. The van der Waals surface area contributed by atoms with E-state index >= 15 is 0 Å². The summed E-state index contributed by atoms with van der Waals surface area (Å²) in [6, 6.07) is 3.81. The van der Waals surface area contributed by atoms with Crippen LogP contribution in [0.5, 0.6) is 5.75 Å². The molecule has 1 aliphatic heterocycles. The van der Waals surface area contributed by atoms with Crippen molar-refractivity contribution in [3.63, 3.8) is 0 Å². The number of nitrogens with one attached hydrogen (secondary N) is 1. The zero-order valence-corrected chi connectivity index (χ0v) is 14.7. The molecule has 0 radical (unpaired) electrons. The molecule has 6 heteroatoms. The first-order chi connectivity index (χ1) is 11.4. The lowest BCUT2D eigenvalue weighted by Gasteiger charge is -2.35. The van der Waals surface area contributed by atoms with Crippen LogP contribution in [0.3, 0.4) is 0 Å². The first-order valence-corrected chi connectivity index (χ1v) is 8.03. The van der Waals surface area contributed by atoms with Crippen molar-refractivity contribution in [1.29, 1.82) is 0 Å². The van der Waals surface area contributed by atoms with Crippen LogP contribution in [0.15, 0.2) is 12.1 Å². The molecule has 0 bridgehead atoms. The highest BCUT2D eigenvalue weighted by Gasteiger charge is 2.42. The number of benzene rings is 1. The second-order valence-corrected chi connectivity index (χ2v) is 6.15. The number of ether oxygens (including phenoxy) is 3. The Kier molecular flexibility index (Phi) is 5.83. The minimum atomic E-state index is -0.988. The topological polar surface area (TPSA) is 73.9 Å². The number of esters is 1. The van der Waals surface area contributed by atoms with E-state index in [1.807, 2.05) is 26.0 Å². The smallest absolute Gasteiger partial charge is 0.331 e. The van der Waals surface area contributed by atoms with E-state index in [0.717, 1.165) is 22.4 Å². The fourth-order valence-corrected chi connectivity index (χ4v) is 3.12. The quantitative estimate of drug-likeness (QED) is 0.829. The number of methoxy groups -OCH3 is 2. The minimum absolute atomic E-state index is 0.196. The Bertz CT molecular complexity index is 597. The van der Waals surface area contributed by atoms with Gasteiger partial charge in [-0.15, -0.1) is 0 Å². The van der Waals surface area contributed by atoms with Gasteiger partial charge in [0.1, 0.15) is 11.3 Å². The lowest BCUT2D eigenvalue weighted by molar-refractivity contribution is -0.155. The average molecular weight is 335 g/mol. The van der Waals surface area contributed by atoms with Gasteiger partial charge in [-0.05, 0) is 42.7 Å². The summed E-state index contributed by atoms with van der Waals surface area (Å²) in [4.78, 5) is 24.8. The lowest BCUT2D eigenvalue weighted by Crippen LogP contribution is -2.58. The molecule has 1 amide bonds. The van der Waals surface area contributed by atoms with Gasteiger partial charge >= 0.3 is 5.97 Å². The fourth-order valence-electron chi connectivity index (χ4n) is 3.12. The molecule has 0 aliphatic carbocycles. The van der Waals surface area contributed by atoms with Gasteiger partial charge in [-0.3, -0.25) is 4.79 Å². The molecule has 0 spiro atoms. The Morgan fingerprint density at radius 2 is 1.75 bits per heavy atom. The van der Waals surface area contributed by atoms with Crippen LogP contribution in [-0.4, -0.2) is 44.8 Å². The maximum atomic E-state index is 12.6. The van der Waals surface area contributed by atoms with Crippen LogP contribution in [0.2, 0.25) is 0 Å². The van der Waals surface area contributed by atoms with Crippen LogP contribution >= 0.6 is 0 Å². The Morgan fingerprint density at radius 1 is 1.17 bits per heavy atom. The van der Waals surface area contributed by atoms with Crippen molar-refractivity contribution in [2.24, 2.45) is 0 Å². The number of aryl methyl sites for hydroxylation is 2. The van der Waals surface area contributed by atoms with E-state index in [-0.39, 0.29) is 12.3 Å². The van der Waals surface area contributed by atoms with E-state index in [4.69, 9.17) is 14.2 Å². The Morgan fingerprint density at radius 3 is 2.25 bits per heavy atom. The summed E-state index contributed by atoms with van der Waals surface area (Å²) in [6.45, 7) is 4.75. The number of carbonyl (C=O) groups is 2. The van der Waals surface area contributed by atoms with E-state index < -0.39 is 11.5 Å². The third-order valence-corrected chi connectivity index (χ3v) is 4.54. The molecule has 1 heterocycles. The van der Waals surface area contributed by atoms with Crippen molar-refractivity contribution in [3.05, 3.63) is 28.8 Å². The van der Waals surface area contributed by atoms with Crippen molar-refractivity contribution in [2.75, 3.05) is 27.4 Å². The molecular weight excluding hydrogens is 310 g/mol. The summed E-state index contributed by atoms with van der Waals surface area (Å²) in [5.41, 5.74) is 1.93. The standard InChI is InChI=1S/C18H25NO5/c1-12-9-14(22-3)10-13(2)15(12)11-16(20)19-18(17(21)23-4)5-7-24-8-6-18/h9-10H,5-8,11H2,1-4H3,(H,19,20). The van der Waals surface area contributed by atoms with Gasteiger partial charge in [0, 0.05) is 26.1 Å². The molecule has 1 N–H and O–H groups in total. The lowest BCUT2D eigenvalue weighted by atomic mass is 9.89. The monoisotopic (exact) mass is 335 g/mol. The van der Waals surface area contributed by atoms with Gasteiger partial charge in [0.2, 0.25) is 5.91 Å². The van der Waals surface area contributed by atoms with Gasteiger partial charge in [0.25, 0.3) is 0 Å². The SMILES string of the molecule is COC(=O)C1(NC(=O)Cc2c(C)cc(OC)cc2C)CCOCC1. The van der Waals surface area contributed by atoms with E-state index in [0.29, 0.717) is 26.1 Å². The first kappa shape index (κ1) is 18.3. The van der Waals surface area contributed by atoms with Crippen LogP contribution < -0.4 is 10.1 Å². The number of carbonyl (C=O) groups excluding carboxylic acids is 2. The van der Waals surface area contributed by atoms with Crippen LogP contribution in [0.1, 0.15) is 29.5 Å². The Hall–Kier alpha value is -2.08. The number of hydrogen-bond acceptors (Lipinski definition) is 5. The highest BCUT2D eigenvalue weighted by molar-refractivity contribution is 5.89. The average Bonchev–Trinajstić information content (AvgIpc) is 2.57. The molecule has 6 nitrogen and oxygen atoms in total. The molecule has 1 saturated heterocycles. The molecule has 1 fully saturated rings. The molecule has 0 unspecified atom stereocenters. The zero-order chi connectivity index (χ0) is 17.7. The Balaban J connectivity index is 2.16. The molecule has 1 aromatic carbocycles. The highest BCUT2D eigenvalue weighted by Crippen LogP contribution is 2.25. The molecule has 1 aromatic rings. The minimum Gasteiger partial charge on any atom is -0.497 e. The molecule has 0 aromatic heterocycles. The van der Waals surface area contributed by atoms with E-state index in [9.17, 15) is 9.59 Å². The van der Waals surface area contributed by atoms with Crippen molar-refractivity contribution in [1.82, 2.24) is 5.32 Å². The summed E-state index contributed by atoms with van der Waals surface area (Å²) < 4.78 is 15.4. The second kappa shape index (κ2) is 7.66. The fraction of sp³-hybridized carbons (Fsp3) is 0.556. The van der Waals surface area contributed by atoms with E-state index in [1.165, 1.54) is 7.11 Å². The number of hydrogen-bond donors (Lipinski definition) is 1. The van der Waals surface area contributed by atoms with E-state index in [2.05, 4.69) is 5.32 Å². The molecule has 2 rings (SSSR count). The van der Waals surface area contributed by atoms with Crippen LogP contribution in [0.4, 0.5) is 0 Å². The predicted octanol–water partition coefficient (Wildman–Crippen LogP) is 1.69.